The van der Waals surface area contributed by atoms with Gasteiger partial charge in [-0.1, -0.05) is 0 Å². The van der Waals surface area contributed by atoms with Crippen molar-refractivity contribution in [2.24, 2.45) is 0 Å². The molecule has 1 unspecified atom stereocenters. The summed E-state index contributed by atoms with van der Waals surface area (Å²) >= 11 is 5.67. The molecule has 0 aliphatic rings. The third-order valence-corrected chi connectivity index (χ3v) is 4.19. The van der Waals surface area contributed by atoms with E-state index in [9.17, 15) is 14.4 Å². The van der Waals surface area contributed by atoms with E-state index in [1.54, 1.807) is 12.1 Å². The number of alkyl halides is 1. The van der Waals surface area contributed by atoms with Crippen LogP contribution in [0.2, 0.25) is 0 Å². The lowest BCUT2D eigenvalue weighted by molar-refractivity contribution is -0.120. The highest BCUT2D eigenvalue weighted by atomic mass is 35.5. The van der Waals surface area contributed by atoms with E-state index < -0.39 is 16.6 Å². The molecule has 0 bridgehead atoms. The highest BCUT2D eigenvalue weighted by Crippen LogP contribution is 2.32. The highest BCUT2D eigenvalue weighted by molar-refractivity contribution is 6.30. The number of amides is 1. The Morgan fingerprint density at radius 1 is 1.44 bits per heavy atom. The van der Waals surface area contributed by atoms with Gasteiger partial charge < -0.3 is 19.5 Å². The van der Waals surface area contributed by atoms with E-state index in [4.69, 9.17) is 20.8 Å². The van der Waals surface area contributed by atoms with Crippen LogP contribution in [0.15, 0.2) is 38.7 Å². The molecule has 0 fully saturated rings. The van der Waals surface area contributed by atoms with E-state index in [1.807, 2.05) is 0 Å². The first-order valence-electron chi connectivity index (χ1n) is 8.08. The lowest BCUT2D eigenvalue weighted by Crippen LogP contribution is -2.40. The number of carbonyl (C=O) groups excluding carboxylic acids is 1. The Balaban J connectivity index is 2.03. The second-order valence-electron chi connectivity index (χ2n) is 5.76. The van der Waals surface area contributed by atoms with Crippen LogP contribution in [0, 0.1) is 0 Å². The molecule has 9 nitrogen and oxygen atoms in total. The molecule has 142 valence electrons. The van der Waals surface area contributed by atoms with Crippen molar-refractivity contribution in [1.29, 1.82) is 0 Å². The molecule has 0 aliphatic heterocycles. The zero-order chi connectivity index (χ0) is 19.6. The molecule has 2 N–H and O–H groups in total. The van der Waals surface area contributed by atoms with Crippen LogP contribution in [-0.4, -0.2) is 39.5 Å². The Bertz CT molecular complexity index is 1090. The lowest BCUT2D eigenvalue weighted by atomic mass is 10.1. The molecule has 0 radical (unpaired) electrons. The largest absolute Gasteiger partial charge is 0.496 e. The third-order valence-electron chi connectivity index (χ3n) is 4.00. The SMILES string of the molecule is COc1cc2[nH]c(=O)n(CCNC(=O)C(C)Cl)c(=O)c2cc1-c1cnco1. The minimum Gasteiger partial charge on any atom is -0.496 e. The van der Waals surface area contributed by atoms with Crippen molar-refractivity contribution in [2.45, 2.75) is 18.8 Å². The first-order valence-corrected chi connectivity index (χ1v) is 8.51. The smallest absolute Gasteiger partial charge is 0.328 e. The van der Waals surface area contributed by atoms with Crippen LogP contribution in [0.5, 0.6) is 5.75 Å². The molecule has 2 aromatic heterocycles. The number of carbonyl (C=O) groups is 1. The van der Waals surface area contributed by atoms with Crippen molar-refractivity contribution in [3.63, 3.8) is 0 Å². The van der Waals surface area contributed by atoms with Gasteiger partial charge in [0.15, 0.2) is 12.2 Å². The monoisotopic (exact) mass is 392 g/mol. The summed E-state index contributed by atoms with van der Waals surface area (Å²) in [5, 5.41) is 2.13. The molecule has 0 aliphatic carbocycles. The molecule has 27 heavy (non-hydrogen) atoms. The fourth-order valence-corrected chi connectivity index (χ4v) is 2.70. The second-order valence-corrected chi connectivity index (χ2v) is 6.41. The maximum absolute atomic E-state index is 12.8. The second kappa shape index (κ2) is 7.67. The molecule has 1 aromatic carbocycles. The van der Waals surface area contributed by atoms with E-state index in [-0.39, 0.29) is 24.4 Å². The third kappa shape index (κ3) is 3.72. The van der Waals surface area contributed by atoms with Crippen molar-refractivity contribution >= 4 is 28.4 Å². The van der Waals surface area contributed by atoms with Crippen LogP contribution in [0.1, 0.15) is 6.92 Å². The van der Waals surface area contributed by atoms with Gasteiger partial charge in [-0.05, 0) is 13.0 Å². The first-order chi connectivity index (χ1) is 12.9. The van der Waals surface area contributed by atoms with Crippen molar-refractivity contribution in [3.05, 3.63) is 45.6 Å². The summed E-state index contributed by atoms with van der Waals surface area (Å²) < 4.78 is 11.6. The van der Waals surface area contributed by atoms with Crippen molar-refractivity contribution in [1.82, 2.24) is 19.9 Å². The number of methoxy groups -OCH3 is 1. The van der Waals surface area contributed by atoms with Gasteiger partial charge in [-0.25, -0.2) is 9.78 Å². The van der Waals surface area contributed by atoms with Gasteiger partial charge in [0.1, 0.15) is 11.1 Å². The number of benzene rings is 1. The Morgan fingerprint density at radius 2 is 2.22 bits per heavy atom. The average Bonchev–Trinajstić information content (AvgIpc) is 3.17. The van der Waals surface area contributed by atoms with Crippen LogP contribution >= 0.6 is 11.6 Å². The molecule has 2 heterocycles. The van der Waals surface area contributed by atoms with Gasteiger partial charge in [-0.2, -0.15) is 0 Å². The van der Waals surface area contributed by atoms with Crippen LogP contribution < -0.4 is 21.3 Å². The van der Waals surface area contributed by atoms with E-state index in [0.717, 1.165) is 4.57 Å². The number of ether oxygens (including phenoxy) is 1. The summed E-state index contributed by atoms with van der Waals surface area (Å²) in [5.41, 5.74) is -0.220. The molecule has 1 atom stereocenters. The van der Waals surface area contributed by atoms with E-state index in [2.05, 4.69) is 15.3 Å². The summed E-state index contributed by atoms with van der Waals surface area (Å²) in [6.45, 7) is 1.63. The number of oxazole rings is 1. The van der Waals surface area contributed by atoms with Crippen LogP contribution in [0.4, 0.5) is 0 Å². The number of aromatic nitrogens is 3. The normalized spacial score (nSPS) is 12.1. The number of nitrogens with one attached hydrogen (secondary N) is 2. The Morgan fingerprint density at radius 3 is 2.85 bits per heavy atom. The number of aromatic amines is 1. The quantitative estimate of drug-likeness (QED) is 0.606. The maximum atomic E-state index is 12.8. The van der Waals surface area contributed by atoms with Crippen molar-refractivity contribution in [2.75, 3.05) is 13.7 Å². The minimum atomic E-state index is -0.700. The number of halogens is 1. The van der Waals surface area contributed by atoms with Crippen LogP contribution in [0.25, 0.3) is 22.2 Å². The number of hydrogen-bond acceptors (Lipinski definition) is 6. The number of hydrogen-bond donors (Lipinski definition) is 2. The first kappa shape index (κ1) is 18.7. The van der Waals surface area contributed by atoms with Gasteiger partial charge in [0, 0.05) is 19.2 Å². The topological polar surface area (TPSA) is 119 Å². The number of fused-ring (bicyclic) bond motifs is 1. The van der Waals surface area contributed by atoms with Gasteiger partial charge in [0.2, 0.25) is 5.91 Å². The zero-order valence-electron chi connectivity index (χ0n) is 14.6. The average molecular weight is 393 g/mol. The predicted molar refractivity (Wildman–Crippen MR) is 99.2 cm³/mol. The summed E-state index contributed by atoms with van der Waals surface area (Å²) in [5.74, 6) is 0.476. The Labute approximate surface area is 157 Å². The lowest BCUT2D eigenvalue weighted by Gasteiger charge is -2.11. The van der Waals surface area contributed by atoms with Gasteiger partial charge in [0.05, 0.1) is 29.8 Å². The van der Waals surface area contributed by atoms with Gasteiger partial charge in [-0.3, -0.25) is 14.2 Å². The Kier molecular flexibility index (Phi) is 5.31. The fraction of sp³-hybridized carbons (Fsp3) is 0.294. The van der Waals surface area contributed by atoms with Crippen LogP contribution in [-0.2, 0) is 11.3 Å². The van der Waals surface area contributed by atoms with E-state index in [1.165, 1.54) is 26.6 Å². The van der Waals surface area contributed by atoms with E-state index in [0.29, 0.717) is 22.6 Å². The van der Waals surface area contributed by atoms with Gasteiger partial charge in [-0.15, -0.1) is 11.6 Å². The molecule has 0 saturated heterocycles. The number of H-pyrrole nitrogens is 1. The molecule has 0 saturated carbocycles. The summed E-state index contributed by atoms with van der Waals surface area (Å²) in [6, 6.07) is 3.13. The molecule has 10 heteroatoms. The molecular weight excluding hydrogens is 376 g/mol. The molecular formula is C17H17ClN4O5. The number of nitrogens with zero attached hydrogens (tertiary/aromatic N) is 2. The highest BCUT2D eigenvalue weighted by Gasteiger charge is 2.16. The maximum Gasteiger partial charge on any atom is 0.328 e. The Hall–Kier alpha value is -3.07. The molecule has 3 rings (SSSR count). The zero-order valence-corrected chi connectivity index (χ0v) is 15.4. The van der Waals surface area contributed by atoms with Gasteiger partial charge >= 0.3 is 5.69 Å². The number of rotatable bonds is 6. The standard InChI is InChI=1S/C17H17ClN4O5/c1-9(18)15(23)20-3-4-22-16(24)10-5-11(14-7-19-8-27-14)13(26-2)6-12(10)21-17(22)25/h5-9H,3-4H2,1-2H3,(H,20,23)(H,21,25). The van der Waals surface area contributed by atoms with Gasteiger partial charge in [0.25, 0.3) is 5.56 Å². The fourth-order valence-electron chi connectivity index (χ4n) is 2.63. The van der Waals surface area contributed by atoms with Crippen molar-refractivity contribution < 1.29 is 13.9 Å². The summed E-state index contributed by atoms with van der Waals surface area (Å²) in [4.78, 5) is 43.1. The molecule has 3 aromatic rings. The summed E-state index contributed by atoms with van der Waals surface area (Å²) in [6.07, 6.45) is 2.77. The summed E-state index contributed by atoms with van der Waals surface area (Å²) in [7, 11) is 1.47. The predicted octanol–water partition coefficient (Wildman–Crippen LogP) is 1.10. The van der Waals surface area contributed by atoms with E-state index >= 15 is 0 Å². The van der Waals surface area contributed by atoms with Crippen molar-refractivity contribution in [3.8, 4) is 17.1 Å². The minimum absolute atomic E-state index is 0.00310. The van der Waals surface area contributed by atoms with Crippen LogP contribution in [0.3, 0.4) is 0 Å². The molecule has 1 amide bonds. The molecule has 0 spiro atoms.